The van der Waals surface area contributed by atoms with Crippen molar-refractivity contribution in [1.29, 1.82) is 0 Å². The normalized spacial score (nSPS) is 12.9. The number of hydrogen-bond acceptors (Lipinski definition) is 4. The van der Waals surface area contributed by atoms with Crippen molar-refractivity contribution in [1.82, 2.24) is 5.32 Å². The van der Waals surface area contributed by atoms with Gasteiger partial charge in [0.2, 0.25) is 15.9 Å². The number of ether oxygens (including phenoxy) is 1. The van der Waals surface area contributed by atoms with Crippen molar-refractivity contribution in [3.63, 3.8) is 0 Å². The summed E-state index contributed by atoms with van der Waals surface area (Å²) in [5.41, 5.74) is 0.682. The molecule has 0 bridgehead atoms. The maximum Gasteiger partial charge on any atom is 0.238 e. The maximum atomic E-state index is 11.6. The van der Waals surface area contributed by atoms with Crippen LogP contribution in [0.2, 0.25) is 0 Å². The van der Waals surface area contributed by atoms with E-state index in [-0.39, 0.29) is 23.3 Å². The van der Waals surface area contributed by atoms with Crippen molar-refractivity contribution in [2.24, 2.45) is 5.14 Å². The number of primary sulfonamides is 1. The molecule has 0 spiro atoms. The molecule has 0 heterocycles. The number of carbonyl (C=O) groups excluding carboxylic acids is 1. The molecular formula is C13H20N2O4S. The lowest BCUT2D eigenvalue weighted by Gasteiger charge is -2.15. The molecule has 0 saturated heterocycles. The third kappa shape index (κ3) is 5.28. The maximum absolute atomic E-state index is 11.6. The Morgan fingerprint density at radius 2 is 2.15 bits per heavy atom. The molecule has 6 nitrogen and oxygen atoms in total. The molecule has 0 aliphatic rings. The number of carbonyl (C=O) groups is 1. The summed E-state index contributed by atoms with van der Waals surface area (Å²) in [7, 11) is -3.74. The zero-order chi connectivity index (χ0) is 15.2. The summed E-state index contributed by atoms with van der Waals surface area (Å²) >= 11 is 0. The minimum atomic E-state index is -3.74. The summed E-state index contributed by atoms with van der Waals surface area (Å²) in [5.74, 6) is -0.146. The van der Waals surface area contributed by atoms with E-state index in [4.69, 9.17) is 9.88 Å². The first kappa shape index (κ1) is 16.6. The van der Waals surface area contributed by atoms with Crippen molar-refractivity contribution < 1.29 is 17.9 Å². The highest BCUT2D eigenvalue weighted by Crippen LogP contribution is 2.16. The van der Waals surface area contributed by atoms with Crippen LogP contribution in [0.1, 0.15) is 31.9 Å². The summed E-state index contributed by atoms with van der Waals surface area (Å²) in [5, 5.41) is 7.86. The zero-order valence-corrected chi connectivity index (χ0v) is 12.4. The van der Waals surface area contributed by atoms with E-state index in [0.717, 1.165) is 0 Å². The summed E-state index contributed by atoms with van der Waals surface area (Å²) in [6.07, 6.45) is 0.271. The third-order valence-corrected chi connectivity index (χ3v) is 3.65. The van der Waals surface area contributed by atoms with Crippen LogP contribution in [-0.2, 0) is 19.6 Å². The molecule has 1 amide bonds. The van der Waals surface area contributed by atoms with Gasteiger partial charge in [-0.05, 0) is 31.5 Å². The van der Waals surface area contributed by atoms with Crippen LogP contribution in [0.5, 0.6) is 0 Å². The quantitative estimate of drug-likeness (QED) is 0.732. The predicted molar refractivity (Wildman–Crippen MR) is 75.5 cm³/mol. The van der Waals surface area contributed by atoms with Gasteiger partial charge in [-0.3, -0.25) is 4.79 Å². The van der Waals surface area contributed by atoms with E-state index in [0.29, 0.717) is 18.8 Å². The highest BCUT2D eigenvalue weighted by Gasteiger charge is 2.13. The Hall–Kier alpha value is -1.44. The Morgan fingerprint density at radius 1 is 1.45 bits per heavy atom. The lowest BCUT2D eigenvalue weighted by atomic mass is 10.1. The van der Waals surface area contributed by atoms with Gasteiger partial charge >= 0.3 is 0 Å². The fourth-order valence-corrected chi connectivity index (χ4v) is 2.24. The van der Waals surface area contributed by atoms with Crippen LogP contribution in [-0.4, -0.2) is 27.5 Å². The van der Waals surface area contributed by atoms with Crippen molar-refractivity contribution in [3.8, 4) is 0 Å². The molecule has 0 aliphatic heterocycles. The lowest BCUT2D eigenvalue weighted by Crippen LogP contribution is -2.27. The van der Waals surface area contributed by atoms with Gasteiger partial charge in [0.15, 0.2) is 0 Å². The number of rotatable bonds is 7. The first-order valence-corrected chi connectivity index (χ1v) is 7.89. The molecule has 0 fully saturated rings. The summed E-state index contributed by atoms with van der Waals surface area (Å²) in [6.45, 7) is 4.58. The van der Waals surface area contributed by atoms with Gasteiger partial charge in [0.05, 0.1) is 17.5 Å². The highest BCUT2D eigenvalue weighted by molar-refractivity contribution is 7.89. The van der Waals surface area contributed by atoms with E-state index in [1.54, 1.807) is 19.1 Å². The van der Waals surface area contributed by atoms with Gasteiger partial charge in [-0.25, -0.2) is 13.6 Å². The third-order valence-electron chi connectivity index (χ3n) is 2.74. The molecule has 7 heteroatoms. The molecule has 0 radical (unpaired) electrons. The molecule has 0 aliphatic carbocycles. The topological polar surface area (TPSA) is 98.5 Å². The highest BCUT2D eigenvalue weighted by atomic mass is 32.2. The Kier molecular flexibility index (Phi) is 6.12. The van der Waals surface area contributed by atoms with Crippen molar-refractivity contribution >= 4 is 15.9 Å². The van der Waals surface area contributed by atoms with Crippen LogP contribution in [0, 0.1) is 0 Å². The van der Waals surface area contributed by atoms with Gasteiger partial charge in [-0.15, -0.1) is 0 Å². The van der Waals surface area contributed by atoms with E-state index in [2.05, 4.69) is 5.32 Å². The average Bonchev–Trinajstić information content (AvgIpc) is 2.38. The Bertz CT molecular complexity index is 557. The van der Waals surface area contributed by atoms with E-state index in [9.17, 15) is 13.2 Å². The first-order valence-electron chi connectivity index (χ1n) is 6.34. The van der Waals surface area contributed by atoms with Gasteiger partial charge in [0, 0.05) is 13.0 Å². The summed E-state index contributed by atoms with van der Waals surface area (Å²) in [4.78, 5) is 11.7. The van der Waals surface area contributed by atoms with E-state index in [1.807, 2.05) is 6.92 Å². The predicted octanol–water partition coefficient (Wildman–Crippen LogP) is 0.938. The number of amides is 1. The Balaban J connectivity index is 2.68. The molecule has 1 aromatic rings. The molecule has 1 aromatic carbocycles. The number of benzene rings is 1. The second kappa shape index (κ2) is 7.37. The smallest absolute Gasteiger partial charge is 0.238 e. The van der Waals surface area contributed by atoms with Gasteiger partial charge < -0.3 is 10.1 Å². The lowest BCUT2D eigenvalue weighted by molar-refractivity contribution is -0.122. The second-order valence-corrected chi connectivity index (χ2v) is 5.92. The monoisotopic (exact) mass is 300 g/mol. The molecule has 1 atom stereocenters. The van der Waals surface area contributed by atoms with Crippen LogP contribution in [0.4, 0.5) is 0 Å². The zero-order valence-electron chi connectivity index (χ0n) is 11.6. The second-order valence-electron chi connectivity index (χ2n) is 4.35. The Labute approximate surface area is 119 Å². The van der Waals surface area contributed by atoms with Crippen molar-refractivity contribution in [2.45, 2.75) is 31.2 Å². The van der Waals surface area contributed by atoms with Gasteiger partial charge in [0.25, 0.3) is 0 Å². The van der Waals surface area contributed by atoms with Crippen LogP contribution < -0.4 is 10.5 Å². The number of hydrogen-bond donors (Lipinski definition) is 2. The Morgan fingerprint density at radius 3 is 2.75 bits per heavy atom. The van der Waals surface area contributed by atoms with E-state index < -0.39 is 10.0 Å². The fourth-order valence-electron chi connectivity index (χ4n) is 1.67. The van der Waals surface area contributed by atoms with E-state index >= 15 is 0 Å². The number of sulfonamides is 1. The summed E-state index contributed by atoms with van der Waals surface area (Å²) < 4.78 is 27.7. The minimum absolute atomic E-state index is 0.0328. The summed E-state index contributed by atoms with van der Waals surface area (Å²) in [6, 6.07) is 5.91. The van der Waals surface area contributed by atoms with Crippen LogP contribution >= 0.6 is 0 Å². The molecule has 0 saturated carbocycles. The van der Waals surface area contributed by atoms with Crippen molar-refractivity contribution in [3.05, 3.63) is 29.8 Å². The van der Waals surface area contributed by atoms with Crippen LogP contribution in [0.3, 0.4) is 0 Å². The SMILES string of the molecule is CCOCCC(=O)NC(C)c1cccc(S(N)(=O)=O)c1. The van der Waals surface area contributed by atoms with E-state index in [1.165, 1.54) is 12.1 Å². The van der Waals surface area contributed by atoms with Crippen LogP contribution in [0.15, 0.2) is 29.2 Å². The largest absolute Gasteiger partial charge is 0.381 e. The molecule has 0 aromatic heterocycles. The van der Waals surface area contributed by atoms with Gasteiger partial charge in [-0.2, -0.15) is 0 Å². The fraction of sp³-hybridized carbons (Fsp3) is 0.462. The van der Waals surface area contributed by atoms with Crippen LogP contribution in [0.25, 0.3) is 0 Å². The molecule has 20 heavy (non-hydrogen) atoms. The molecule has 1 unspecified atom stereocenters. The molecular weight excluding hydrogens is 280 g/mol. The standard InChI is InChI=1S/C13H20N2O4S/c1-3-19-8-7-13(16)15-10(2)11-5-4-6-12(9-11)20(14,17)18/h4-6,9-10H,3,7-8H2,1-2H3,(H,15,16)(H2,14,17,18). The minimum Gasteiger partial charge on any atom is -0.381 e. The molecule has 1 rings (SSSR count). The van der Waals surface area contributed by atoms with Gasteiger partial charge in [-0.1, -0.05) is 12.1 Å². The average molecular weight is 300 g/mol. The van der Waals surface area contributed by atoms with Crippen molar-refractivity contribution in [2.75, 3.05) is 13.2 Å². The molecule has 112 valence electrons. The van der Waals surface area contributed by atoms with Gasteiger partial charge in [0.1, 0.15) is 0 Å². The number of nitrogens with one attached hydrogen (secondary N) is 1. The molecule has 3 N–H and O–H groups in total. The number of nitrogens with two attached hydrogens (primary N) is 1. The first-order chi connectivity index (χ1) is 9.34.